The lowest BCUT2D eigenvalue weighted by Crippen LogP contribution is -2.13. The van der Waals surface area contributed by atoms with Crippen LogP contribution in [-0.4, -0.2) is 15.8 Å². The van der Waals surface area contributed by atoms with E-state index in [0.717, 1.165) is 0 Å². The van der Waals surface area contributed by atoms with Gasteiger partial charge in [-0.25, -0.2) is 0 Å². The molecule has 92 valence electrons. The Kier molecular flexibility index (Phi) is 4.34. The topological polar surface area (TPSA) is 43.4 Å². The molecule has 0 aliphatic carbocycles. The van der Waals surface area contributed by atoms with E-state index in [-0.39, 0.29) is 9.86 Å². The normalized spacial score (nSPS) is 11.1. The molecule has 1 aromatic carbocycles. The molecule has 1 aromatic rings. The van der Waals surface area contributed by atoms with Crippen molar-refractivity contribution in [2.45, 2.75) is 32.4 Å². The second kappa shape index (κ2) is 5.36. The van der Waals surface area contributed by atoms with Crippen LogP contribution in [0.5, 0.6) is 5.75 Å². The SMILES string of the molecule is CC(=O)Oc1ccccc1C(=O)SC(C)(C)C. The third-order valence-corrected chi connectivity index (χ3v) is 2.78. The van der Waals surface area contributed by atoms with E-state index in [1.165, 1.54) is 18.7 Å². The van der Waals surface area contributed by atoms with Crippen molar-refractivity contribution in [3.8, 4) is 5.75 Å². The molecule has 0 aromatic heterocycles. The summed E-state index contributed by atoms with van der Waals surface area (Å²) in [5.74, 6) is -0.104. The Bertz CT molecular complexity index is 433. The molecule has 0 aliphatic heterocycles. The Labute approximate surface area is 106 Å². The van der Waals surface area contributed by atoms with Crippen LogP contribution in [0.25, 0.3) is 0 Å². The number of rotatable bonds is 2. The second-order valence-electron chi connectivity index (χ2n) is 4.59. The van der Waals surface area contributed by atoms with Crippen molar-refractivity contribution < 1.29 is 14.3 Å². The van der Waals surface area contributed by atoms with Gasteiger partial charge >= 0.3 is 5.97 Å². The van der Waals surface area contributed by atoms with Crippen LogP contribution in [-0.2, 0) is 4.79 Å². The fourth-order valence-corrected chi connectivity index (χ4v) is 2.05. The van der Waals surface area contributed by atoms with Crippen LogP contribution in [0.4, 0.5) is 0 Å². The lowest BCUT2D eigenvalue weighted by Gasteiger charge is -2.16. The molecular formula is C13H16O3S. The van der Waals surface area contributed by atoms with Crippen molar-refractivity contribution in [1.82, 2.24) is 0 Å². The van der Waals surface area contributed by atoms with Crippen LogP contribution >= 0.6 is 11.8 Å². The number of ether oxygens (including phenoxy) is 1. The number of hydrogen-bond acceptors (Lipinski definition) is 4. The minimum atomic E-state index is -0.425. The van der Waals surface area contributed by atoms with Gasteiger partial charge < -0.3 is 4.74 Å². The monoisotopic (exact) mass is 252 g/mol. The molecule has 0 saturated heterocycles. The molecule has 0 heterocycles. The summed E-state index contributed by atoms with van der Waals surface area (Å²) in [5, 5.41) is -0.0886. The van der Waals surface area contributed by atoms with E-state index >= 15 is 0 Å². The Hall–Kier alpha value is -1.29. The van der Waals surface area contributed by atoms with Gasteiger partial charge in [0.05, 0.1) is 5.56 Å². The van der Waals surface area contributed by atoms with E-state index in [1.54, 1.807) is 24.3 Å². The molecule has 0 saturated carbocycles. The molecule has 1 rings (SSSR count). The van der Waals surface area contributed by atoms with Gasteiger partial charge in [-0.15, -0.1) is 0 Å². The Balaban J connectivity index is 2.97. The number of esters is 1. The minimum absolute atomic E-state index is 0.0886. The summed E-state index contributed by atoms with van der Waals surface area (Å²) in [5.41, 5.74) is 0.433. The Morgan fingerprint density at radius 3 is 2.29 bits per heavy atom. The molecule has 0 aliphatic rings. The van der Waals surface area contributed by atoms with Crippen molar-refractivity contribution in [2.24, 2.45) is 0 Å². The quantitative estimate of drug-likeness (QED) is 0.598. The van der Waals surface area contributed by atoms with Crippen molar-refractivity contribution in [3.05, 3.63) is 29.8 Å². The number of hydrogen-bond donors (Lipinski definition) is 0. The average Bonchev–Trinajstić information content (AvgIpc) is 2.14. The summed E-state index contributed by atoms with van der Waals surface area (Å²) in [6, 6.07) is 6.78. The van der Waals surface area contributed by atoms with Crippen molar-refractivity contribution >= 4 is 22.8 Å². The molecular weight excluding hydrogens is 236 g/mol. The maximum Gasteiger partial charge on any atom is 0.308 e. The standard InChI is InChI=1S/C13H16O3S/c1-9(14)16-11-8-6-5-7-10(11)12(15)17-13(2,3)4/h5-8H,1-4H3. The molecule has 17 heavy (non-hydrogen) atoms. The predicted octanol–water partition coefficient (Wildman–Crippen LogP) is 3.28. The van der Waals surface area contributed by atoms with Gasteiger partial charge in [0.25, 0.3) is 0 Å². The predicted molar refractivity (Wildman–Crippen MR) is 69.4 cm³/mol. The molecule has 0 radical (unpaired) electrons. The highest BCUT2D eigenvalue weighted by Gasteiger charge is 2.21. The molecule has 4 heteroatoms. The van der Waals surface area contributed by atoms with Crippen molar-refractivity contribution in [3.63, 3.8) is 0 Å². The van der Waals surface area contributed by atoms with Gasteiger partial charge in [-0.05, 0) is 12.1 Å². The Morgan fingerprint density at radius 2 is 1.76 bits per heavy atom. The number of carbonyl (C=O) groups is 2. The lowest BCUT2D eigenvalue weighted by atomic mass is 10.2. The number of thioether (sulfide) groups is 1. The highest BCUT2D eigenvalue weighted by Crippen LogP contribution is 2.30. The first kappa shape index (κ1) is 13.8. The first-order valence-electron chi connectivity index (χ1n) is 5.30. The molecule has 0 fully saturated rings. The van der Waals surface area contributed by atoms with E-state index in [1.807, 2.05) is 20.8 Å². The largest absolute Gasteiger partial charge is 0.426 e. The summed E-state index contributed by atoms with van der Waals surface area (Å²) in [6.07, 6.45) is 0. The molecule has 0 unspecified atom stereocenters. The molecule has 0 atom stereocenters. The van der Waals surface area contributed by atoms with Crippen LogP contribution in [0.2, 0.25) is 0 Å². The zero-order valence-corrected chi connectivity index (χ0v) is 11.3. The van der Waals surface area contributed by atoms with E-state index < -0.39 is 5.97 Å². The third-order valence-electron chi connectivity index (χ3n) is 1.76. The third kappa shape index (κ3) is 4.61. The lowest BCUT2D eigenvalue weighted by molar-refractivity contribution is -0.131. The van der Waals surface area contributed by atoms with Gasteiger partial charge in [0.15, 0.2) is 0 Å². The van der Waals surface area contributed by atoms with E-state index in [0.29, 0.717) is 11.3 Å². The van der Waals surface area contributed by atoms with Gasteiger partial charge in [0.2, 0.25) is 5.12 Å². The highest BCUT2D eigenvalue weighted by atomic mass is 32.2. The number of para-hydroxylation sites is 1. The summed E-state index contributed by atoms with van der Waals surface area (Å²) >= 11 is 1.22. The van der Waals surface area contributed by atoms with Gasteiger partial charge in [0, 0.05) is 11.7 Å². The van der Waals surface area contributed by atoms with Gasteiger partial charge in [-0.1, -0.05) is 44.7 Å². The fourth-order valence-electron chi connectivity index (χ4n) is 1.21. The summed E-state index contributed by atoms with van der Waals surface area (Å²) in [4.78, 5) is 23.0. The minimum Gasteiger partial charge on any atom is -0.426 e. The smallest absolute Gasteiger partial charge is 0.308 e. The first-order chi connectivity index (χ1) is 7.79. The van der Waals surface area contributed by atoms with E-state index in [2.05, 4.69) is 0 Å². The number of carbonyl (C=O) groups excluding carboxylic acids is 2. The fraction of sp³-hybridized carbons (Fsp3) is 0.385. The summed E-state index contributed by atoms with van der Waals surface area (Å²) in [6.45, 7) is 7.20. The second-order valence-corrected chi connectivity index (χ2v) is 6.39. The van der Waals surface area contributed by atoms with Crippen molar-refractivity contribution in [1.29, 1.82) is 0 Å². The maximum atomic E-state index is 12.0. The molecule has 0 spiro atoms. The summed E-state index contributed by atoms with van der Waals surface area (Å²) < 4.78 is 4.84. The van der Waals surface area contributed by atoms with Crippen LogP contribution in [0.15, 0.2) is 24.3 Å². The highest BCUT2D eigenvalue weighted by molar-refractivity contribution is 8.15. The molecule has 3 nitrogen and oxygen atoms in total. The van der Waals surface area contributed by atoms with Crippen LogP contribution in [0.1, 0.15) is 38.1 Å². The average molecular weight is 252 g/mol. The first-order valence-corrected chi connectivity index (χ1v) is 6.12. The molecule has 0 N–H and O–H groups in total. The van der Waals surface area contributed by atoms with Gasteiger partial charge in [-0.2, -0.15) is 0 Å². The van der Waals surface area contributed by atoms with Crippen LogP contribution in [0, 0.1) is 0 Å². The van der Waals surface area contributed by atoms with E-state index in [9.17, 15) is 9.59 Å². The summed E-state index contributed by atoms with van der Waals surface area (Å²) in [7, 11) is 0. The zero-order valence-electron chi connectivity index (χ0n) is 10.4. The van der Waals surface area contributed by atoms with Crippen molar-refractivity contribution in [2.75, 3.05) is 0 Å². The van der Waals surface area contributed by atoms with Crippen LogP contribution in [0.3, 0.4) is 0 Å². The maximum absolute atomic E-state index is 12.0. The zero-order chi connectivity index (χ0) is 13.1. The van der Waals surface area contributed by atoms with Gasteiger partial charge in [0.1, 0.15) is 5.75 Å². The van der Waals surface area contributed by atoms with E-state index in [4.69, 9.17) is 4.74 Å². The van der Waals surface area contributed by atoms with Gasteiger partial charge in [-0.3, -0.25) is 9.59 Å². The van der Waals surface area contributed by atoms with Crippen LogP contribution < -0.4 is 4.74 Å². The Morgan fingerprint density at radius 1 is 1.18 bits per heavy atom. The molecule has 0 bridgehead atoms. The number of benzene rings is 1. The molecule has 0 amide bonds.